The van der Waals surface area contributed by atoms with Gasteiger partial charge in [0.1, 0.15) is 5.82 Å². The predicted molar refractivity (Wildman–Crippen MR) is 77.6 cm³/mol. The van der Waals surface area contributed by atoms with E-state index in [-0.39, 0.29) is 11.9 Å². The summed E-state index contributed by atoms with van der Waals surface area (Å²) in [4.78, 5) is 2.40. The maximum atomic E-state index is 12.9. The molecular formula is C16H25FN2. The SMILES string of the molecule is CC(N[C@H](C)c1ccc(F)cc1)C1CCN(C)CC1. The first-order chi connectivity index (χ1) is 9.06. The van der Waals surface area contributed by atoms with E-state index in [2.05, 4.69) is 31.1 Å². The van der Waals surface area contributed by atoms with Gasteiger partial charge in [0.15, 0.2) is 0 Å². The van der Waals surface area contributed by atoms with Gasteiger partial charge in [-0.3, -0.25) is 0 Å². The Morgan fingerprint density at radius 1 is 1.16 bits per heavy atom. The van der Waals surface area contributed by atoms with Crippen molar-refractivity contribution in [3.63, 3.8) is 0 Å². The molecule has 1 aromatic rings. The molecule has 0 saturated carbocycles. The monoisotopic (exact) mass is 264 g/mol. The van der Waals surface area contributed by atoms with Crippen LogP contribution in [0.5, 0.6) is 0 Å². The van der Waals surface area contributed by atoms with E-state index < -0.39 is 0 Å². The zero-order valence-electron chi connectivity index (χ0n) is 12.2. The molecule has 1 fully saturated rings. The first-order valence-electron chi connectivity index (χ1n) is 7.26. The molecule has 1 N–H and O–H groups in total. The van der Waals surface area contributed by atoms with Crippen LogP contribution in [0.4, 0.5) is 4.39 Å². The number of nitrogens with zero attached hydrogens (tertiary/aromatic N) is 1. The summed E-state index contributed by atoms with van der Waals surface area (Å²) in [6.45, 7) is 6.82. The lowest BCUT2D eigenvalue weighted by atomic mass is 9.90. The van der Waals surface area contributed by atoms with Gasteiger partial charge in [0.05, 0.1) is 0 Å². The Balaban J connectivity index is 1.87. The molecule has 0 aliphatic carbocycles. The van der Waals surface area contributed by atoms with Crippen molar-refractivity contribution in [1.82, 2.24) is 10.2 Å². The Kier molecular flexibility index (Phi) is 4.94. The van der Waals surface area contributed by atoms with Gasteiger partial charge in [0.2, 0.25) is 0 Å². The quantitative estimate of drug-likeness (QED) is 0.898. The molecule has 106 valence electrons. The van der Waals surface area contributed by atoms with Crippen LogP contribution in [0.15, 0.2) is 24.3 Å². The van der Waals surface area contributed by atoms with Crippen LogP contribution in [0.3, 0.4) is 0 Å². The van der Waals surface area contributed by atoms with Crippen molar-refractivity contribution in [2.75, 3.05) is 20.1 Å². The lowest BCUT2D eigenvalue weighted by Crippen LogP contribution is -2.41. The summed E-state index contributed by atoms with van der Waals surface area (Å²) < 4.78 is 12.9. The van der Waals surface area contributed by atoms with E-state index in [1.54, 1.807) is 0 Å². The van der Waals surface area contributed by atoms with Crippen molar-refractivity contribution in [3.05, 3.63) is 35.6 Å². The Morgan fingerprint density at radius 3 is 2.32 bits per heavy atom. The first kappa shape index (κ1) is 14.5. The number of hydrogen-bond donors (Lipinski definition) is 1. The normalized spacial score (nSPS) is 21.3. The minimum atomic E-state index is -0.167. The second-order valence-electron chi connectivity index (χ2n) is 5.87. The van der Waals surface area contributed by atoms with E-state index in [4.69, 9.17) is 0 Å². The van der Waals surface area contributed by atoms with Crippen LogP contribution in [-0.2, 0) is 0 Å². The highest BCUT2D eigenvalue weighted by atomic mass is 19.1. The number of rotatable bonds is 4. The van der Waals surface area contributed by atoms with Gasteiger partial charge in [-0.05, 0) is 70.4 Å². The molecule has 0 radical (unpaired) electrons. The third kappa shape index (κ3) is 4.02. The number of hydrogen-bond acceptors (Lipinski definition) is 2. The summed E-state index contributed by atoms with van der Waals surface area (Å²) in [5.74, 6) is 0.582. The number of benzene rings is 1. The molecule has 1 aromatic carbocycles. The average molecular weight is 264 g/mol. The Bertz CT molecular complexity index is 382. The van der Waals surface area contributed by atoms with Crippen LogP contribution in [-0.4, -0.2) is 31.1 Å². The number of nitrogens with one attached hydrogen (secondary N) is 1. The van der Waals surface area contributed by atoms with Gasteiger partial charge in [-0.1, -0.05) is 12.1 Å². The molecule has 0 bridgehead atoms. The molecule has 0 spiro atoms. The predicted octanol–water partition coefficient (Wildman–Crippen LogP) is 3.21. The maximum Gasteiger partial charge on any atom is 0.123 e. The number of piperidine rings is 1. The van der Waals surface area contributed by atoms with Gasteiger partial charge in [0.25, 0.3) is 0 Å². The zero-order valence-corrected chi connectivity index (χ0v) is 12.2. The minimum absolute atomic E-state index is 0.167. The Morgan fingerprint density at radius 2 is 1.74 bits per heavy atom. The van der Waals surface area contributed by atoms with Crippen LogP contribution in [0.2, 0.25) is 0 Å². The fraction of sp³-hybridized carbons (Fsp3) is 0.625. The summed E-state index contributed by atoms with van der Waals surface area (Å²) in [5, 5.41) is 3.66. The lowest BCUT2D eigenvalue weighted by Gasteiger charge is -2.34. The van der Waals surface area contributed by atoms with Crippen molar-refractivity contribution in [2.45, 2.75) is 38.8 Å². The molecule has 1 saturated heterocycles. The van der Waals surface area contributed by atoms with E-state index in [0.717, 1.165) is 11.5 Å². The van der Waals surface area contributed by atoms with E-state index in [9.17, 15) is 4.39 Å². The van der Waals surface area contributed by atoms with Gasteiger partial charge in [-0.2, -0.15) is 0 Å². The van der Waals surface area contributed by atoms with Crippen LogP contribution >= 0.6 is 0 Å². The Hall–Kier alpha value is -0.930. The van der Waals surface area contributed by atoms with Crippen LogP contribution in [0, 0.1) is 11.7 Å². The standard InChI is InChI=1S/C16H25FN2/c1-12(14-4-6-16(17)7-5-14)18-13(2)15-8-10-19(3)11-9-15/h4-7,12-13,15,18H,8-11H2,1-3H3/t12-,13?/m1/s1. The second-order valence-corrected chi connectivity index (χ2v) is 5.87. The van der Waals surface area contributed by atoms with Crippen molar-refractivity contribution < 1.29 is 4.39 Å². The zero-order chi connectivity index (χ0) is 13.8. The Labute approximate surface area is 116 Å². The fourth-order valence-corrected chi connectivity index (χ4v) is 2.91. The van der Waals surface area contributed by atoms with Crippen molar-refractivity contribution in [3.8, 4) is 0 Å². The molecule has 1 aliphatic rings. The van der Waals surface area contributed by atoms with Gasteiger partial charge in [0, 0.05) is 12.1 Å². The van der Waals surface area contributed by atoms with Crippen molar-refractivity contribution in [1.29, 1.82) is 0 Å². The lowest BCUT2D eigenvalue weighted by molar-refractivity contribution is 0.185. The van der Waals surface area contributed by atoms with Crippen molar-refractivity contribution in [2.24, 2.45) is 5.92 Å². The highest BCUT2D eigenvalue weighted by molar-refractivity contribution is 5.19. The number of likely N-dealkylation sites (tertiary alicyclic amines) is 1. The molecule has 0 aromatic heterocycles. The summed E-state index contributed by atoms with van der Waals surface area (Å²) in [7, 11) is 2.19. The molecule has 1 aliphatic heterocycles. The highest BCUT2D eigenvalue weighted by Gasteiger charge is 2.23. The van der Waals surface area contributed by atoms with Gasteiger partial charge < -0.3 is 10.2 Å². The maximum absolute atomic E-state index is 12.9. The average Bonchev–Trinajstić information content (AvgIpc) is 2.40. The van der Waals surface area contributed by atoms with Crippen molar-refractivity contribution >= 4 is 0 Å². The molecule has 3 heteroatoms. The summed E-state index contributed by atoms with van der Waals surface area (Å²) in [5.41, 5.74) is 1.15. The van der Waals surface area contributed by atoms with E-state index in [0.29, 0.717) is 6.04 Å². The van der Waals surface area contributed by atoms with Crippen LogP contribution in [0.25, 0.3) is 0 Å². The molecule has 19 heavy (non-hydrogen) atoms. The summed E-state index contributed by atoms with van der Waals surface area (Å²) in [6, 6.07) is 7.59. The van der Waals surface area contributed by atoms with E-state index in [1.807, 2.05) is 12.1 Å². The van der Waals surface area contributed by atoms with Crippen LogP contribution in [0.1, 0.15) is 38.3 Å². The summed E-state index contributed by atoms with van der Waals surface area (Å²) >= 11 is 0. The smallest absolute Gasteiger partial charge is 0.123 e. The van der Waals surface area contributed by atoms with E-state index >= 15 is 0 Å². The largest absolute Gasteiger partial charge is 0.307 e. The first-order valence-corrected chi connectivity index (χ1v) is 7.26. The molecule has 2 atom stereocenters. The molecule has 1 heterocycles. The third-order valence-corrected chi connectivity index (χ3v) is 4.35. The minimum Gasteiger partial charge on any atom is -0.307 e. The number of halogens is 1. The molecular weight excluding hydrogens is 239 g/mol. The molecule has 1 unspecified atom stereocenters. The fourth-order valence-electron chi connectivity index (χ4n) is 2.91. The second kappa shape index (κ2) is 6.49. The van der Waals surface area contributed by atoms with Gasteiger partial charge in [-0.15, -0.1) is 0 Å². The van der Waals surface area contributed by atoms with Gasteiger partial charge >= 0.3 is 0 Å². The van der Waals surface area contributed by atoms with E-state index in [1.165, 1.54) is 38.1 Å². The molecule has 2 rings (SSSR count). The van der Waals surface area contributed by atoms with Crippen LogP contribution < -0.4 is 5.32 Å². The summed E-state index contributed by atoms with van der Waals surface area (Å²) in [6.07, 6.45) is 2.53. The topological polar surface area (TPSA) is 15.3 Å². The molecule has 0 amide bonds. The highest BCUT2D eigenvalue weighted by Crippen LogP contribution is 2.22. The third-order valence-electron chi connectivity index (χ3n) is 4.35. The molecule has 2 nitrogen and oxygen atoms in total. The van der Waals surface area contributed by atoms with Gasteiger partial charge in [-0.25, -0.2) is 4.39 Å².